The third-order valence-corrected chi connectivity index (χ3v) is 2.69. The van der Waals surface area contributed by atoms with E-state index in [2.05, 4.69) is 10.6 Å². The zero-order valence-corrected chi connectivity index (χ0v) is 11.2. The highest BCUT2D eigenvalue weighted by atomic mass is 16.2. The van der Waals surface area contributed by atoms with Crippen LogP contribution < -0.4 is 16.4 Å². The van der Waals surface area contributed by atoms with Crippen LogP contribution >= 0.6 is 0 Å². The van der Waals surface area contributed by atoms with Crippen molar-refractivity contribution in [2.45, 2.75) is 32.4 Å². The van der Waals surface area contributed by atoms with E-state index in [0.717, 1.165) is 12.0 Å². The number of nitrogens with two attached hydrogens (primary N) is 1. The molecule has 0 aliphatic carbocycles. The van der Waals surface area contributed by atoms with Gasteiger partial charge >= 0.3 is 0 Å². The number of nitrogens with one attached hydrogen (secondary N) is 2. The van der Waals surface area contributed by atoms with Gasteiger partial charge in [-0.25, -0.2) is 0 Å². The van der Waals surface area contributed by atoms with Crippen LogP contribution in [0.4, 0.5) is 0 Å². The molecule has 0 aliphatic rings. The minimum atomic E-state index is -0.535. The van der Waals surface area contributed by atoms with E-state index in [1.807, 2.05) is 37.3 Å². The average Bonchev–Trinajstić information content (AvgIpc) is 2.43. The number of rotatable bonds is 7. The van der Waals surface area contributed by atoms with Crippen molar-refractivity contribution in [3.8, 4) is 0 Å². The number of carbonyl (C=O) groups excluding carboxylic acids is 2. The Morgan fingerprint density at radius 3 is 2.53 bits per heavy atom. The standard InChI is InChI=1S/C14H21N3O2/c1-2-6-12(15)14(19)17-10-13(18)16-9-11-7-4-3-5-8-11/h3-5,7-8,12H,2,6,9-10,15H2,1H3,(H,16,18)(H,17,19). The summed E-state index contributed by atoms with van der Waals surface area (Å²) in [4.78, 5) is 23.0. The summed E-state index contributed by atoms with van der Waals surface area (Å²) in [5.74, 6) is -0.502. The van der Waals surface area contributed by atoms with Gasteiger partial charge in [0.25, 0.3) is 0 Å². The summed E-state index contributed by atoms with van der Waals surface area (Å²) in [5.41, 5.74) is 6.65. The van der Waals surface area contributed by atoms with E-state index < -0.39 is 6.04 Å². The first-order chi connectivity index (χ1) is 9.13. The van der Waals surface area contributed by atoms with Crippen molar-refractivity contribution in [3.63, 3.8) is 0 Å². The molecule has 1 atom stereocenters. The maximum atomic E-state index is 11.5. The van der Waals surface area contributed by atoms with E-state index in [1.165, 1.54) is 0 Å². The van der Waals surface area contributed by atoms with Gasteiger partial charge in [-0.1, -0.05) is 43.7 Å². The van der Waals surface area contributed by atoms with Crippen molar-refractivity contribution >= 4 is 11.8 Å². The number of hydrogen-bond acceptors (Lipinski definition) is 3. The first kappa shape index (κ1) is 15.2. The van der Waals surface area contributed by atoms with Crippen LogP contribution in [-0.2, 0) is 16.1 Å². The van der Waals surface area contributed by atoms with Crippen LogP contribution in [0.15, 0.2) is 30.3 Å². The van der Waals surface area contributed by atoms with Gasteiger partial charge in [0.15, 0.2) is 0 Å². The number of benzene rings is 1. The summed E-state index contributed by atoms with van der Waals surface area (Å²) < 4.78 is 0. The first-order valence-electron chi connectivity index (χ1n) is 6.47. The Bertz CT molecular complexity index is 406. The van der Waals surface area contributed by atoms with Crippen LogP contribution in [0.1, 0.15) is 25.3 Å². The Balaban J connectivity index is 2.23. The number of hydrogen-bond donors (Lipinski definition) is 3. The molecule has 0 saturated carbocycles. The van der Waals surface area contributed by atoms with Crippen molar-refractivity contribution < 1.29 is 9.59 Å². The summed E-state index contributed by atoms with van der Waals surface area (Å²) in [5, 5.41) is 5.26. The molecule has 1 aromatic carbocycles. The summed E-state index contributed by atoms with van der Waals surface area (Å²) in [6.45, 7) is 2.37. The third kappa shape index (κ3) is 6.01. The molecule has 0 fully saturated rings. The fourth-order valence-electron chi connectivity index (χ4n) is 1.60. The minimum absolute atomic E-state index is 0.0386. The molecule has 0 heterocycles. The van der Waals surface area contributed by atoms with E-state index in [9.17, 15) is 9.59 Å². The van der Waals surface area contributed by atoms with Gasteiger partial charge in [0.2, 0.25) is 11.8 Å². The molecule has 0 spiro atoms. The van der Waals surface area contributed by atoms with Crippen molar-refractivity contribution in [1.82, 2.24) is 10.6 Å². The Hall–Kier alpha value is -1.88. The molecule has 1 aromatic rings. The Morgan fingerprint density at radius 2 is 1.89 bits per heavy atom. The van der Waals surface area contributed by atoms with Crippen molar-refractivity contribution in [1.29, 1.82) is 0 Å². The van der Waals surface area contributed by atoms with Crippen molar-refractivity contribution in [3.05, 3.63) is 35.9 Å². The van der Waals surface area contributed by atoms with Crippen LogP contribution in [0.5, 0.6) is 0 Å². The van der Waals surface area contributed by atoms with Crippen LogP contribution in [0.2, 0.25) is 0 Å². The lowest BCUT2D eigenvalue weighted by atomic mass is 10.2. The summed E-state index contributed by atoms with van der Waals surface area (Å²) in [6.07, 6.45) is 1.46. The fourth-order valence-corrected chi connectivity index (χ4v) is 1.60. The highest BCUT2D eigenvalue weighted by molar-refractivity contribution is 5.87. The summed E-state index contributed by atoms with van der Waals surface area (Å²) in [6, 6.07) is 9.05. The van der Waals surface area contributed by atoms with E-state index in [4.69, 9.17) is 5.73 Å². The minimum Gasteiger partial charge on any atom is -0.350 e. The molecule has 2 amide bonds. The lowest BCUT2D eigenvalue weighted by Gasteiger charge is -2.11. The molecule has 0 bridgehead atoms. The van der Waals surface area contributed by atoms with Gasteiger partial charge in [0.05, 0.1) is 12.6 Å². The number of carbonyl (C=O) groups is 2. The second-order valence-corrected chi connectivity index (χ2v) is 4.38. The largest absolute Gasteiger partial charge is 0.350 e. The van der Waals surface area contributed by atoms with Gasteiger partial charge < -0.3 is 16.4 Å². The molecule has 0 saturated heterocycles. The Morgan fingerprint density at radius 1 is 1.21 bits per heavy atom. The van der Waals surface area contributed by atoms with E-state index in [1.54, 1.807) is 0 Å². The van der Waals surface area contributed by atoms with Crippen LogP contribution in [-0.4, -0.2) is 24.4 Å². The highest BCUT2D eigenvalue weighted by Crippen LogP contribution is 1.96. The molecular formula is C14H21N3O2. The maximum absolute atomic E-state index is 11.5. The van der Waals surface area contributed by atoms with Crippen molar-refractivity contribution in [2.24, 2.45) is 5.73 Å². The summed E-state index contributed by atoms with van der Waals surface area (Å²) >= 11 is 0. The van der Waals surface area contributed by atoms with Crippen LogP contribution in [0.25, 0.3) is 0 Å². The monoisotopic (exact) mass is 263 g/mol. The predicted octanol–water partition coefficient (Wildman–Crippen LogP) is 0.546. The molecule has 5 nitrogen and oxygen atoms in total. The van der Waals surface area contributed by atoms with Gasteiger partial charge in [0.1, 0.15) is 0 Å². The van der Waals surface area contributed by atoms with Gasteiger partial charge in [-0.15, -0.1) is 0 Å². The quantitative estimate of drug-likeness (QED) is 0.671. The van der Waals surface area contributed by atoms with Gasteiger partial charge in [-0.05, 0) is 12.0 Å². The lowest BCUT2D eigenvalue weighted by Crippen LogP contribution is -2.44. The highest BCUT2D eigenvalue weighted by Gasteiger charge is 2.12. The molecule has 0 aliphatic heterocycles. The zero-order valence-electron chi connectivity index (χ0n) is 11.2. The molecule has 104 valence electrons. The Labute approximate surface area is 113 Å². The fraction of sp³-hybridized carbons (Fsp3) is 0.429. The maximum Gasteiger partial charge on any atom is 0.239 e. The molecule has 5 heteroatoms. The SMILES string of the molecule is CCCC(N)C(=O)NCC(=O)NCc1ccccc1. The molecule has 4 N–H and O–H groups in total. The lowest BCUT2D eigenvalue weighted by molar-refractivity contribution is -0.127. The van der Waals surface area contributed by atoms with E-state index >= 15 is 0 Å². The smallest absolute Gasteiger partial charge is 0.239 e. The summed E-state index contributed by atoms with van der Waals surface area (Å²) in [7, 11) is 0. The normalized spacial score (nSPS) is 11.7. The zero-order chi connectivity index (χ0) is 14.1. The molecule has 0 radical (unpaired) electrons. The van der Waals surface area contributed by atoms with Gasteiger partial charge in [-0.3, -0.25) is 9.59 Å². The molecular weight excluding hydrogens is 242 g/mol. The van der Waals surface area contributed by atoms with E-state index in [0.29, 0.717) is 13.0 Å². The van der Waals surface area contributed by atoms with E-state index in [-0.39, 0.29) is 18.4 Å². The number of amides is 2. The predicted molar refractivity (Wildman–Crippen MR) is 74.2 cm³/mol. The molecule has 0 aromatic heterocycles. The average molecular weight is 263 g/mol. The molecule has 1 unspecified atom stereocenters. The van der Waals surface area contributed by atoms with Crippen LogP contribution in [0, 0.1) is 0 Å². The third-order valence-electron chi connectivity index (χ3n) is 2.69. The molecule has 19 heavy (non-hydrogen) atoms. The van der Waals surface area contributed by atoms with Crippen molar-refractivity contribution in [2.75, 3.05) is 6.54 Å². The van der Waals surface area contributed by atoms with Gasteiger partial charge in [0, 0.05) is 6.54 Å². The topological polar surface area (TPSA) is 84.2 Å². The molecule has 1 rings (SSSR count). The van der Waals surface area contributed by atoms with Gasteiger partial charge in [-0.2, -0.15) is 0 Å². The van der Waals surface area contributed by atoms with Crippen LogP contribution in [0.3, 0.4) is 0 Å². The second kappa shape index (κ2) is 8.26. The first-order valence-corrected chi connectivity index (χ1v) is 6.47. The second-order valence-electron chi connectivity index (χ2n) is 4.38. The Kier molecular flexibility index (Phi) is 6.60.